The van der Waals surface area contributed by atoms with Crippen LogP contribution in [0.4, 0.5) is 0 Å². The predicted octanol–water partition coefficient (Wildman–Crippen LogP) is 3.92. The number of rotatable bonds is 1. The molecule has 3 nitrogen and oxygen atoms in total. The number of nitrogens with one attached hydrogen (secondary N) is 2. The van der Waals surface area contributed by atoms with Crippen LogP contribution in [0.3, 0.4) is 0 Å². The van der Waals surface area contributed by atoms with Gasteiger partial charge in [-0.3, -0.25) is 0 Å². The van der Waals surface area contributed by atoms with Crippen molar-refractivity contribution in [1.29, 1.82) is 0 Å². The average molecular weight is 320 g/mol. The molecule has 0 amide bonds. The number of fused-ring (bicyclic) bond motifs is 2. The Balaban J connectivity index is 1.64. The number of aromatic nitrogens is 2. The topological polar surface area (TPSA) is 40.7 Å². The number of nitrogens with zero attached hydrogens (tertiary/aromatic N) is 1. The minimum atomic E-state index is 0.416. The Morgan fingerprint density at radius 1 is 1.21 bits per heavy atom. The van der Waals surface area contributed by atoms with E-state index >= 15 is 0 Å². The number of aromatic amines is 1. The summed E-state index contributed by atoms with van der Waals surface area (Å²) in [5.41, 5.74) is 2.19. The van der Waals surface area contributed by atoms with Gasteiger partial charge in [0.2, 0.25) is 0 Å². The van der Waals surface area contributed by atoms with Crippen LogP contribution in [0, 0.1) is 5.92 Å². The molecule has 1 aliphatic heterocycles. The second kappa shape index (κ2) is 4.60. The summed E-state index contributed by atoms with van der Waals surface area (Å²) in [7, 11) is 0. The Morgan fingerprint density at radius 2 is 2.11 bits per heavy atom. The largest absolute Gasteiger partial charge is 0.341 e. The van der Waals surface area contributed by atoms with Crippen LogP contribution in [-0.4, -0.2) is 16.0 Å². The molecule has 3 unspecified atom stereocenters. The van der Waals surface area contributed by atoms with Crippen molar-refractivity contribution in [2.75, 3.05) is 0 Å². The van der Waals surface area contributed by atoms with Crippen LogP contribution in [0.25, 0.3) is 11.0 Å². The normalized spacial score (nSPS) is 30.7. The van der Waals surface area contributed by atoms with E-state index in [0.29, 0.717) is 6.04 Å². The quantitative estimate of drug-likeness (QED) is 0.836. The molecule has 0 radical (unpaired) electrons. The second-order valence-electron chi connectivity index (χ2n) is 5.89. The van der Waals surface area contributed by atoms with Crippen molar-refractivity contribution < 1.29 is 0 Å². The van der Waals surface area contributed by atoms with Crippen molar-refractivity contribution >= 4 is 27.0 Å². The van der Waals surface area contributed by atoms with E-state index in [1.54, 1.807) is 0 Å². The van der Waals surface area contributed by atoms with Crippen LogP contribution < -0.4 is 5.32 Å². The van der Waals surface area contributed by atoms with Crippen LogP contribution in [0.1, 0.15) is 44.0 Å². The molecule has 19 heavy (non-hydrogen) atoms. The number of halogens is 1. The number of hydrogen-bond acceptors (Lipinski definition) is 2. The number of imidazole rings is 1. The summed E-state index contributed by atoms with van der Waals surface area (Å²) in [6.07, 6.45) is 6.76. The first-order valence-corrected chi connectivity index (χ1v) is 8.00. The zero-order valence-electron chi connectivity index (χ0n) is 10.8. The molecule has 4 heteroatoms. The second-order valence-corrected chi connectivity index (χ2v) is 6.81. The highest BCUT2D eigenvalue weighted by Gasteiger charge is 2.36. The highest BCUT2D eigenvalue weighted by atomic mass is 79.9. The fraction of sp³-hybridized carbons (Fsp3) is 0.533. The first-order chi connectivity index (χ1) is 9.29. The molecule has 4 rings (SSSR count). The molecule has 2 fully saturated rings. The molecule has 1 aromatic carbocycles. The van der Waals surface area contributed by atoms with Gasteiger partial charge in [-0.05, 0) is 43.4 Å². The smallest absolute Gasteiger partial charge is 0.124 e. The molecule has 100 valence electrons. The van der Waals surface area contributed by atoms with E-state index in [-0.39, 0.29) is 0 Å². The van der Waals surface area contributed by atoms with E-state index in [4.69, 9.17) is 4.98 Å². The van der Waals surface area contributed by atoms with Gasteiger partial charge in [0, 0.05) is 10.5 Å². The third kappa shape index (κ3) is 2.11. The lowest BCUT2D eigenvalue weighted by molar-refractivity contribution is 0.325. The van der Waals surface area contributed by atoms with Crippen molar-refractivity contribution in [3.05, 3.63) is 28.5 Å². The van der Waals surface area contributed by atoms with E-state index in [2.05, 4.69) is 44.4 Å². The van der Waals surface area contributed by atoms with Gasteiger partial charge in [-0.1, -0.05) is 28.8 Å². The number of hydrogen-bond donors (Lipinski definition) is 2. The van der Waals surface area contributed by atoms with Gasteiger partial charge in [-0.25, -0.2) is 4.98 Å². The highest BCUT2D eigenvalue weighted by Crippen LogP contribution is 2.38. The predicted molar refractivity (Wildman–Crippen MR) is 80.0 cm³/mol. The standard InChI is InChI=1S/C15H18BrN3/c16-10-5-6-12-13(8-10)19-15(18-12)14-7-9-3-1-2-4-11(9)17-14/h5-6,8-9,11,14,17H,1-4,7H2,(H,18,19). The van der Waals surface area contributed by atoms with Gasteiger partial charge in [0.25, 0.3) is 0 Å². The summed E-state index contributed by atoms with van der Waals surface area (Å²) in [4.78, 5) is 8.24. The van der Waals surface area contributed by atoms with Crippen molar-refractivity contribution in [2.45, 2.75) is 44.2 Å². The van der Waals surface area contributed by atoms with Crippen LogP contribution in [0.2, 0.25) is 0 Å². The summed E-state index contributed by atoms with van der Waals surface area (Å²) in [6, 6.07) is 7.36. The lowest BCUT2D eigenvalue weighted by atomic mass is 9.85. The lowest BCUT2D eigenvalue weighted by Crippen LogP contribution is -2.30. The third-order valence-corrected chi connectivity index (χ3v) is 5.15. The summed E-state index contributed by atoms with van der Waals surface area (Å²) in [5.74, 6) is 1.97. The summed E-state index contributed by atoms with van der Waals surface area (Å²) in [6.45, 7) is 0. The van der Waals surface area contributed by atoms with Crippen molar-refractivity contribution in [3.8, 4) is 0 Å². The summed E-state index contributed by atoms with van der Waals surface area (Å²) in [5, 5.41) is 3.78. The van der Waals surface area contributed by atoms with Crippen molar-refractivity contribution in [2.24, 2.45) is 5.92 Å². The molecule has 2 heterocycles. The van der Waals surface area contributed by atoms with Gasteiger partial charge in [-0.15, -0.1) is 0 Å². The van der Waals surface area contributed by atoms with Gasteiger partial charge < -0.3 is 10.3 Å². The molecule has 0 spiro atoms. The van der Waals surface area contributed by atoms with Gasteiger partial charge in [-0.2, -0.15) is 0 Å². The van der Waals surface area contributed by atoms with E-state index in [1.807, 2.05) is 0 Å². The molecule has 2 aromatic rings. The number of H-pyrrole nitrogens is 1. The molecular formula is C15H18BrN3. The SMILES string of the molecule is Brc1ccc2nc(C3CC4CCCCC4N3)[nH]c2c1. The van der Waals surface area contributed by atoms with E-state index < -0.39 is 0 Å². The molecule has 2 aliphatic rings. The Morgan fingerprint density at radius 3 is 3.00 bits per heavy atom. The van der Waals surface area contributed by atoms with E-state index in [9.17, 15) is 0 Å². The highest BCUT2D eigenvalue weighted by molar-refractivity contribution is 9.10. The summed E-state index contributed by atoms with van der Waals surface area (Å²) < 4.78 is 1.10. The Labute approximate surface area is 121 Å². The van der Waals surface area contributed by atoms with Gasteiger partial charge in [0.15, 0.2) is 0 Å². The van der Waals surface area contributed by atoms with E-state index in [1.165, 1.54) is 32.1 Å². The maximum atomic E-state index is 4.75. The first-order valence-electron chi connectivity index (χ1n) is 7.21. The van der Waals surface area contributed by atoms with Crippen LogP contribution >= 0.6 is 15.9 Å². The molecule has 1 aromatic heterocycles. The maximum absolute atomic E-state index is 4.75. The Kier molecular flexibility index (Phi) is 2.88. The summed E-state index contributed by atoms with van der Waals surface area (Å²) >= 11 is 3.51. The minimum Gasteiger partial charge on any atom is -0.341 e. The van der Waals surface area contributed by atoms with Crippen LogP contribution in [0.15, 0.2) is 22.7 Å². The molecule has 2 N–H and O–H groups in total. The fourth-order valence-electron chi connectivity index (χ4n) is 3.70. The Bertz CT molecular complexity index is 592. The number of benzene rings is 1. The molecule has 1 saturated carbocycles. The van der Waals surface area contributed by atoms with Gasteiger partial charge in [0.1, 0.15) is 5.82 Å². The first kappa shape index (κ1) is 11.9. The molecular weight excluding hydrogens is 302 g/mol. The van der Waals surface area contributed by atoms with Crippen LogP contribution in [-0.2, 0) is 0 Å². The molecule has 3 atom stereocenters. The lowest BCUT2D eigenvalue weighted by Gasteiger charge is -2.24. The zero-order valence-corrected chi connectivity index (χ0v) is 12.4. The van der Waals surface area contributed by atoms with Crippen LogP contribution in [0.5, 0.6) is 0 Å². The monoisotopic (exact) mass is 319 g/mol. The van der Waals surface area contributed by atoms with Crippen molar-refractivity contribution in [3.63, 3.8) is 0 Å². The third-order valence-electron chi connectivity index (χ3n) is 4.66. The Hall–Kier alpha value is -0.870. The fourth-order valence-corrected chi connectivity index (χ4v) is 4.06. The maximum Gasteiger partial charge on any atom is 0.124 e. The minimum absolute atomic E-state index is 0.416. The molecule has 1 saturated heterocycles. The molecule has 1 aliphatic carbocycles. The molecule has 0 bridgehead atoms. The van der Waals surface area contributed by atoms with E-state index in [0.717, 1.165) is 33.3 Å². The van der Waals surface area contributed by atoms with Crippen molar-refractivity contribution in [1.82, 2.24) is 15.3 Å². The average Bonchev–Trinajstić information content (AvgIpc) is 3.00. The van der Waals surface area contributed by atoms with Gasteiger partial charge >= 0.3 is 0 Å². The zero-order chi connectivity index (χ0) is 12.8. The van der Waals surface area contributed by atoms with Gasteiger partial charge in [0.05, 0.1) is 17.1 Å².